The highest BCUT2D eigenvalue weighted by Crippen LogP contribution is 2.24. The molecule has 0 bridgehead atoms. The van der Waals surface area contributed by atoms with Gasteiger partial charge in [0, 0.05) is 31.4 Å². The molecule has 1 atom stereocenters. The van der Waals surface area contributed by atoms with Crippen molar-refractivity contribution in [2.45, 2.75) is 24.8 Å². The molecule has 1 saturated heterocycles. The number of benzene rings is 1. The first-order valence-electron chi connectivity index (χ1n) is 6.39. The lowest BCUT2D eigenvalue weighted by Gasteiger charge is -2.37. The van der Waals surface area contributed by atoms with Gasteiger partial charge in [-0.2, -0.15) is 4.31 Å². The molecule has 1 fully saturated rings. The lowest BCUT2D eigenvalue weighted by molar-refractivity contribution is 0.170. The normalized spacial score (nSPS) is 22.6. The topological polar surface area (TPSA) is 66.6 Å². The van der Waals surface area contributed by atoms with Crippen molar-refractivity contribution in [3.63, 3.8) is 0 Å². The second kappa shape index (κ2) is 5.11. The summed E-state index contributed by atoms with van der Waals surface area (Å²) in [6.45, 7) is 5.78. The quantitative estimate of drug-likeness (QED) is 0.819. The number of hydrogen-bond donors (Lipinski definition) is 1. The maximum absolute atomic E-state index is 12.7. The number of nitrogens with zero attached hydrogens (tertiary/aromatic N) is 2. The van der Waals surface area contributed by atoms with Crippen LogP contribution in [-0.4, -0.2) is 50.3 Å². The molecule has 1 aliphatic rings. The van der Waals surface area contributed by atoms with Gasteiger partial charge in [0.1, 0.15) is 0 Å². The van der Waals surface area contributed by atoms with Gasteiger partial charge >= 0.3 is 0 Å². The number of nitrogens with two attached hydrogens (primary N) is 1. The van der Waals surface area contributed by atoms with Crippen molar-refractivity contribution in [2.24, 2.45) is 0 Å². The van der Waals surface area contributed by atoms with Crippen LogP contribution in [0.25, 0.3) is 0 Å². The molecule has 1 aromatic carbocycles. The van der Waals surface area contributed by atoms with E-state index in [2.05, 4.69) is 4.90 Å². The summed E-state index contributed by atoms with van der Waals surface area (Å²) in [6.07, 6.45) is 0. The van der Waals surface area contributed by atoms with Crippen LogP contribution in [0.4, 0.5) is 5.69 Å². The maximum atomic E-state index is 12.7. The van der Waals surface area contributed by atoms with E-state index in [9.17, 15) is 8.42 Å². The van der Waals surface area contributed by atoms with E-state index in [0.29, 0.717) is 22.7 Å². The number of hydrogen-bond acceptors (Lipinski definition) is 4. The molecule has 0 radical (unpaired) electrons. The summed E-state index contributed by atoms with van der Waals surface area (Å²) < 4.78 is 27.0. The van der Waals surface area contributed by atoms with E-state index in [0.717, 1.165) is 13.1 Å². The highest BCUT2D eigenvalue weighted by molar-refractivity contribution is 7.89. The van der Waals surface area contributed by atoms with Gasteiger partial charge in [0.15, 0.2) is 0 Å². The molecular weight excluding hydrogens is 262 g/mol. The Hall–Kier alpha value is -1.11. The molecule has 6 heteroatoms. The van der Waals surface area contributed by atoms with E-state index in [-0.39, 0.29) is 6.04 Å². The molecule has 2 rings (SSSR count). The van der Waals surface area contributed by atoms with E-state index < -0.39 is 10.0 Å². The predicted molar refractivity (Wildman–Crippen MR) is 76.4 cm³/mol. The van der Waals surface area contributed by atoms with Crippen LogP contribution < -0.4 is 5.73 Å². The van der Waals surface area contributed by atoms with Gasteiger partial charge in [-0.3, -0.25) is 0 Å². The van der Waals surface area contributed by atoms with Crippen LogP contribution in [0.15, 0.2) is 23.1 Å². The van der Waals surface area contributed by atoms with Gasteiger partial charge in [-0.05, 0) is 44.7 Å². The van der Waals surface area contributed by atoms with Gasteiger partial charge in [0.25, 0.3) is 0 Å². The largest absolute Gasteiger partial charge is 0.399 e. The molecule has 1 aromatic rings. The van der Waals surface area contributed by atoms with Gasteiger partial charge in [-0.15, -0.1) is 0 Å². The van der Waals surface area contributed by atoms with Crippen molar-refractivity contribution >= 4 is 15.7 Å². The Balaban J connectivity index is 2.37. The summed E-state index contributed by atoms with van der Waals surface area (Å²) in [7, 11) is -1.42. The summed E-state index contributed by atoms with van der Waals surface area (Å²) in [4.78, 5) is 2.50. The Morgan fingerprint density at radius 1 is 1.32 bits per heavy atom. The second-order valence-electron chi connectivity index (χ2n) is 5.25. The van der Waals surface area contributed by atoms with Crippen LogP contribution in [0.5, 0.6) is 0 Å². The summed E-state index contributed by atoms with van der Waals surface area (Å²) in [6, 6.07) is 4.93. The van der Waals surface area contributed by atoms with Crippen LogP contribution in [0.3, 0.4) is 0 Å². The molecule has 106 valence electrons. The van der Waals surface area contributed by atoms with E-state index in [1.54, 1.807) is 29.4 Å². The minimum atomic E-state index is -3.43. The van der Waals surface area contributed by atoms with E-state index in [4.69, 9.17) is 5.73 Å². The average Bonchev–Trinajstić information content (AvgIpc) is 2.27. The van der Waals surface area contributed by atoms with E-state index >= 15 is 0 Å². The fraction of sp³-hybridized carbons (Fsp3) is 0.538. The van der Waals surface area contributed by atoms with Crippen LogP contribution in [-0.2, 0) is 10.0 Å². The van der Waals surface area contributed by atoms with Crippen molar-refractivity contribution in [2.75, 3.05) is 32.4 Å². The molecular formula is C13H21N3O2S. The molecule has 0 spiro atoms. The Labute approximate surface area is 115 Å². The van der Waals surface area contributed by atoms with Crippen LogP contribution in [0, 0.1) is 6.92 Å². The van der Waals surface area contributed by atoms with Crippen molar-refractivity contribution in [3.05, 3.63) is 23.8 Å². The molecule has 0 amide bonds. The standard InChI is InChI=1S/C13H21N3O2S/c1-10-8-12(14)4-5-13(10)19(17,18)16-7-6-15(3)9-11(16)2/h4-5,8,11H,6-7,9,14H2,1-3H3. The van der Waals surface area contributed by atoms with Crippen molar-refractivity contribution in [1.82, 2.24) is 9.21 Å². The summed E-state index contributed by atoms with van der Waals surface area (Å²) in [5.74, 6) is 0. The minimum Gasteiger partial charge on any atom is -0.399 e. The Morgan fingerprint density at radius 3 is 2.58 bits per heavy atom. The Kier molecular flexibility index (Phi) is 3.85. The third-order valence-corrected chi connectivity index (χ3v) is 5.73. The van der Waals surface area contributed by atoms with Gasteiger partial charge in [0.2, 0.25) is 10.0 Å². The SMILES string of the molecule is Cc1cc(N)ccc1S(=O)(=O)N1CCN(C)CC1C. The third kappa shape index (κ3) is 2.75. The first-order chi connectivity index (χ1) is 8.82. The molecule has 2 N–H and O–H groups in total. The Morgan fingerprint density at radius 2 is 2.00 bits per heavy atom. The summed E-state index contributed by atoms with van der Waals surface area (Å²) >= 11 is 0. The molecule has 0 saturated carbocycles. The fourth-order valence-electron chi connectivity index (χ4n) is 2.57. The molecule has 1 heterocycles. The zero-order valence-electron chi connectivity index (χ0n) is 11.6. The van der Waals surface area contributed by atoms with Crippen LogP contribution in [0.2, 0.25) is 0 Å². The third-order valence-electron chi connectivity index (χ3n) is 3.56. The van der Waals surface area contributed by atoms with Crippen molar-refractivity contribution in [3.8, 4) is 0 Å². The number of piperazine rings is 1. The molecule has 19 heavy (non-hydrogen) atoms. The van der Waals surface area contributed by atoms with E-state index in [1.807, 2.05) is 14.0 Å². The smallest absolute Gasteiger partial charge is 0.243 e. The van der Waals surface area contributed by atoms with Crippen LogP contribution >= 0.6 is 0 Å². The molecule has 1 unspecified atom stereocenters. The first kappa shape index (κ1) is 14.3. The van der Waals surface area contributed by atoms with E-state index in [1.165, 1.54) is 0 Å². The number of sulfonamides is 1. The second-order valence-corrected chi connectivity index (χ2v) is 7.11. The zero-order valence-corrected chi connectivity index (χ0v) is 12.4. The number of anilines is 1. The number of aryl methyl sites for hydroxylation is 1. The van der Waals surface area contributed by atoms with Crippen molar-refractivity contribution in [1.29, 1.82) is 0 Å². The fourth-order valence-corrected chi connectivity index (χ4v) is 4.39. The highest BCUT2D eigenvalue weighted by Gasteiger charge is 2.33. The van der Waals surface area contributed by atoms with Crippen LogP contribution in [0.1, 0.15) is 12.5 Å². The van der Waals surface area contributed by atoms with Gasteiger partial charge in [-0.25, -0.2) is 8.42 Å². The molecule has 0 aliphatic carbocycles. The van der Waals surface area contributed by atoms with Gasteiger partial charge in [0.05, 0.1) is 4.90 Å². The molecule has 1 aliphatic heterocycles. The first-order valence-corrected chi connectivity index (χ1v) is 7.83. The number of nitrogen functional groups attached to an aromatic ring is 1. The summed E-state index contributed by atoms with van der Waals surface area (Å²) in [5, 5.41) is 0. The number of likely N-dealkylation sites (N-methyl/N-ethyl adjacent to an activating group) is 1. The summed E-state index contributed by atoms with van der Waals surface area (Å²) in [5.41, 5.74) is 6.97. The molecule has 0 aromatic heterocycles. The lowest BCUT2D eigenvalue weighted by Crippen LogP contribution is -2.52. The maximum Gasteiger partial charge on any atom is 0.243 e. The minimum absolute atomic E-state index is 0.0132. The monoisotopic (exact) mass is 283 g/mol. The zero-order chi connectivity index (χ0) is 14.2. The predicted octanol–water partition coefficient (Wildman–Crippen LogP) is 0.902. The number of rotatable bonds is 2. The average molecular weight is 283 g/mol. The molecule has 5 nitrogen and oxygen atoms in total. The van der Waals surface area contributed by atoms with Crippen molar-refractivity contribution < 1.29 is 8.42 Å². The highest BCUT2D eigenvalue weighted by atomic mass is 32.2. The van der Waals surface area contributed by atoms with Gasteiger partial charge < -0.3 is 10.6 Å². The Bertz CT molecular complexity index is 571. The lowest BCUT2D eigenvalue weighted by atomic mass is 10.2. The van der Waals surface area contributed by atoms with Gasteiger partial charge in [-0.1, -0.05) is 0 Å².